The van der Waals surface area contributed by atoms with Gasteiger partial charge in [-0.25, -0.2) is 4.98 Å². The lowest BCUT2D eigenvalue weighted by Crippen LogP contribution is -2.41. The fourth-order valence-corrected chi connectivity index (χ4v) is 3.49. The van der Waals surface area contributed by atoms with E-state index in [9.17, 15) is 9.90 Å². The number of imidazole rings is 1. The molecule has 3 aromatic rings. The quantitative estimate of drug-likeness (QED) is 0.674. The number of rotatable bonds is 5. The van der Waals surface area contributed by atoms with Crippen molar-refractivity contribution in [1.82, 2.24) is 34.3 Å². The van der Waals surface area contributed by atoms with Crippen molar-refractivity contribution in [2.45, 2.75) is 25.2 Å². The van der Waals surface area contributed by atoms with Crippen LogP contribution in [0.1, 0.15) is 5.82 Å². The largest absolute Gasteiger partial charge is 0.390 e. The molecule has 1 N–H and O–H groups in total. The molecule has 1 aromatic carbocycles. The summed E-state index contributed by atoms with van der Waals surface area (Å²) in [4.78, 5) is 22.1. The summed E-state index contributed by atoms with van der Waals surface area (Å²) >= 11 is 0. The molecule has 4 rings (SSSR count). The summed E-state index contributed by atoms with van der Waals surface area (Å²) in [7, 11) is 3.89. The molecule has 27 heavy (non-hydrogen) atoms. The van der Waals surface area contributed by atoms with Crippen molar-refractivity contribution in [1.29, 1.82) is 0 Å². The van der Waals surface area contributed by atoms with E-state index in [2.05, 4.69) is 15.2 Å². The molecule has 1 fully saturated rings. The summed E-state index contributed by atoms with van der Waals surface area (Å²) in [6.07, 6.45) is 3.06. The number of aryl methyl sites for hydroxylation is 1. The molecule has 1 aliphatic rings. The highest BCUT2D eigenvalue weighted by atomic mass is 16.3. The maximum absolute atomic E-state index is 12.7. The molecule has 0 unspecified atom stereocenters. The standard InChI is InChI=1S/C18H23N7O2/c1-22-8-7-19-17(22)11-23(2)15-9-24(10-16(15)26)18(27)12-25-20-13-5-3-4-6-14(13)21-25/h3-8,15-16,26H,9-12H2,1-2H3/t15-,16-/m0/s1. The molecular weight excluding hydrogens is 346 g/mol. The summed E-state index contributed by atoms with van der Waals surface area (Å²) in [5.41, 5.74) is 1.53. The Morgan fingerprint density at radius 3 is 2.59 bits per heavy atom. The topological polar surface area (TPSA) is 92.3 Å². The number of hydrogen-bond acceptors (Lipinski definition) is 6. The number of nitrogens with zero attached hydrogens (tertiary/aromatic N) is 7. The number of carbonyl (C=O) groups is 1. The average Bonchev–Trinajstić information content (AvgIpc) is 3.33. The molecule has 1 saturated heterocycles. The molecule has 9 heteroatoms. The van der Waals surface area contributed by atoms with E-state index >= 15 is 0 Å². The van der Waals surface area contributed by atoms with Gasteiger partial charge in [-0.2, -0.15) is 15.0 Å². The molecule has 1 amide bonds. The van der Waals surface area contributed by atoms with Crippen LogP contribution in [-0.4, -0.2) is 77.6 Å². The van der Waals surface area contributed by atoms with Gasteiger partial charge in [-0.05, 0) is 19.2 Å². The van der Waals surface area contributed by atoms with E-state index in [1.807, 2.05) is 54.0 Å². The van der Waals surface area contributed by atoms with E-state index in [1.54, 1.807) is 11.1 Å². The van der Waals surface area contributed by atoms with Crippen LogP contribution < -0.4 is 0 Å². The molecule has 9 nitrogen and oxygen atoms in total. The van der Waals surface area contributed by atoms with Gasteiger partial charge >= 0.3 is 0 Å². The van der Waals surface area contributed by atoms with E-state index in [0.29, 0.717) is 19.6 Å². The Balaban J connectivity index is 1.39. The van der Waals surface area contributed by atoms with E-state index in [4.69, 9.17) is 0 Å². The van der Waals surface area contributed by atoms with Gasteiger partial charge in [0.1, 0.15) is 23.4 Å². The number of aliphatic hydroxyl groups excluding tert-OH is 1. The van der Waals surface area contributed by atoms with Crippen LogP contribution in [0.3, 0.4) is 0 Å². The summed E-state index contributed by atoms with van der Waals surface area (Å²) in [6, 6.07) is 7.39. The second kappa shape index (κ2) is 7.09. The third kappa shape index (κ3) is 3.56. The van der Waals surface area contributed by atoms with Crippen LogP contribution in [0.4, 0.5) is 0 Å². The number of likely N-dealkylation sites (N-methyl/N-ethyl adjacent to an activating group) is 1. The zero-order chi connectivity index (χ0) is 19.0. The third-order valence-electron chi connectivity index (χ3n) is 5.09. The predicted molar refractivity (Wildman–Crippen MR) is 98.6 cm³/mol. The summed E-state index contributed by atoms with van der Waals surface area (Å²) in [5.74, 6) is 0.823. The molecule has 3 heterocycles. The van der Waals surface area contributed by atoms with E-state index in [-0.39, 0.29) is 18.5 Å². The van der Waals surface area contributed by atoms with Crippen molar-refractivity contribution >= 4 is 16.9 Å². The second-order valence-electron chi connectivity index (χ2n) is 7.02. The second-order valence-corrected chi connectivity index (χ2v) is 7.02. The van der Waals surface area contributed by atoms with Crippen LogP contribution in [0.15, 0.2) is 36.7 Å². The van der Waals surface area contributed by atoms with Gasteiger partial charge in [0.05, 0.1) is 18.7 Å². The minimum absolute atomic E-state index is 0.0667. The van der Waals surface area contributed by atoms with Crippen molar-refractivity contribution < 1.29 is 9.90 Å². The maximum Gasteiger partial charge on any atom is 0.246 e. The van der Waals surface area contributed by atoms with Crippen LogP contribution >= 0.6 is 0 Å². The Morgan fingerprint density at radius 2 is 1.96 bits per heavy atom. The van der Waals surface area contributed by atoms with Crippen LogP contribution in [0, 0.1) is 0 Å². The molecule has 2 atom stereocenters. The van der Waals surface area contributed by atoms with Crippen molar-refractivity contribution in [3.8, 4) is 0 Å². The predicted octanol–water partition coefficient (Wildman–Crippen LogP) is -0.131. The number of likely N-dealkylation sites (tertiary alicyclic amines) is 1. The smallest absolute Gasteiger partial charge is 0.246 e. The Kier molecular flexibility index (Phi) is 4.63. The number of amides is 1. The SMILES string of the molecule is CN(Cc1nccn1C)[C@H]1CN(C(=O)Cn2nc3ccccc3n2)C[C@@H]1O. The van der Waals surface area contributed by atoms with Gasteiger partial charge in [0.2, 0.25) is 5.91 Å². The number of fused-ring (bicyclic) bond motifs is 1. The zero-order valence-corrected chi connectivity index (χ0v) is 15.4. The normalized spacial score (nSPS) is 20.1. The molecule has 2 aromatic heterocycles. The van der Waals surface area contributed by atoms with Gasteiger partial charge in [0.25, 0.3) is 0 Å². The highest BCUT2D eigenvalue weighted by molar-refractivity contribution is 5.77. The minimum Gasteiger partial charge on any atom is -0.390 e. The first-order valence-electron chi connectivity index (χ1n) is 8.93. The van der Waals surface area contributed by atoms with Gasteiger partial charge in [-0.15, -0.1) is 0 Å². The van der Waals surface area contributed by atoms with Crippen LogP contribution in [0.25, 0.3) is 11.0 Å². The molecule has 0 bridgehead atoms. The Hall–Kier alpha value is -2.78. The molecule has 1 aliphatic heterocycles. The first kappa shape index (κ1) is 17.6. The molecule has 142 valence electrons. The average molecular weight is 369 g/mol. The van der Waals surface area contributed by atoms with Gasteiger partial charge in [0, 0.05) is 32.5 Å². The summed E-state index contributed by atoms with van der Waals surface area (Å²) < 4.78 is 1.95. The number of hydrogen-bond donors (Lipinski definition) is 1. The van der Waals surface area contributed by atoms with E-state index < -0.39 is 6.10 Å². The Labute approximate surface area is 156 Å². The fraction of sp³-hybridized carbons (Fsp3) is 0.444. The summed E-state index contributed by atoms with van der Waals surface area (Å²) in [5, 5.41) is 19.1. The Bertz CT molecular complexity index is 917. The number of aromatic nitrogens is 5. The minimum atomic E-state index is -0.594. The summed E-state index contributed by atoms with van der Waals surface area (Å²) in [6.45, 7) is 1.47. The molecule has 0 aliphatic carbocycles. The first-order valence-corrected chi connectivity index (χ1v) is 8.93. The molecule has 0 spiro atoms. The number of β-amino-alcohol motifs (C(OH)–C–C–N with tert-alkyl or cyclic N) is 1. The van der Waals surface area contributed by atoms with Crippen molar-refractivity contribution in [3.63, 3.8) is 0 Å². The Morgan fingerprint density at radius 1 is 1.26 bits per heavy atom. The van der Waals surface area contributed by atoms with Crippen LogP contribution in [-0.2, 0) is 24.9 Å². The maximum atomic E-state index is 12.7. The van der Waals surface area contributed by atoms with Crippen LogP contribution in [0.2, 0.25) is 0 Å². The first-order chi connectivity index (χ1) is 13.0. The third-order valence-corrected chi connectivity index (χ3v) is 5.09. The van der Waals surface area contributed by atoms with Crippen LogP contribution in [0.5, 0.6) is 0 Å². The molecular formula is C18H23N7O2. The van der Waals surface area contributed by atoms with Crippen molar-refractivity contribution in [2.24, 2.45) is 7.05 Å². The molecule has 0 saturated carbocycles. The molecule has 0 radical (unpaired) electrons. The van der Waals surface area contributed by atoms with Gasteiger partial charge in [0.15, 0.2) is 0 Å². The lowest BCUT2D eigenvalue weighted by Gasteiger charge is -2.26. The van der Waals surface area contributed by atoms with Gasteiger partial charge < -0.3 is 14.6 Å². The lowest BCUT2D eigenvalue weighted by atomic mass is 10.2. The highest BCUT2D eigenvalue weighted by Crippen LogP contribution is 2.18. The van der Waals surface area contributed by atoms with Crippen molar-refractivity contribution in [2.75, 3.05) is 20.1 Å². The van der Waals surface area contributed by atoms with Crippen molar-refractivity contribution in [3.05, 3.63) is 42.5 Å². The van der Waals surface area contributed by atoms with E-state index in [1.165, 1.54) is 4.80 Å². The zero-order valence-electron chi connectivity index (χ0n) is 15.4. The monoisotopic (exact) mass is 369 g/mol. The number of aliphatic hydroxyl groups is 1. The highest BCUT2D eigenvalue weighted by Gasteiger charge is 2.36. The number of benzene rings is 1. The fourth-order valence-electron chi connectivity index (χ4n) is 3.49. The number of carbonyl (C=O) groups excluding carboxylic acids is 1. The van der Waals surface area contributed by atoms with Gasteiger partial charge in [-0.3, -0.25) is 9.69 Å². The lowest BCUT2D eigenvalue weighted by molar-refractivity contribution is -0.131. The van der Waals surface area contributed by atoms with E-state index in [0.717, 1.165) is 16.9 Å². The van der Waals surface area contributed by atoms with Gasteiger partial charge in [-0.1, -0.05) is 12.1 Å².